The maximum atomic E-state index is 12.9. The van der Waals surface area contributed by atoms with Gasteiger partial charge in [0.15, 0.2) is 0 Å². The van der Waals surface area contributed by atoms with Crippen LogP contribution in [-0.2, 0) is 4.79 Å². The fourth-order valence-electron chi connectivity index (χ4n) is 4.41. The van der Waals surface area contributed by atoms with Crippen LogP contribution in [0.25, 0.3) is 0 Å². The fourth-order valence-corrected chi connectivity index (χ4v) is 4.41. The molecule has 4 heteroatoms. The molecule has 0 bridgehead atoms. The highest BCUT2D eigenvalue weighted by atomic mass is 16.2. The third-order valence-electron chi connectivity index (χ3n) is 5.76. The van der Waals surface area contributed by atoms with Crippen molar-refractivity contribution in [3.63, 3.8) is 0 Å². The van der Waals surface area contributed by atoms with Gasteiger partial charge in [-0.3, -0.25) is 15.0 Å². The summed E-state index contributed by atoms with van der Waals surface area (Å²) in [5.41, 5.74) is 0. The van der Waals surface area contributed by atoms with Crippen LogP contribution < -0.4 is 5.32 Å². The zero-order chi connectivity index (χ0) is 14.3. The predicted molar refractivity (Wildman–Crippen MR) is 80.3 cm³/mol. The number of fused-ring (bicyclic) bond motifs is 1. The molecule has 3 heterocycles. The molecule has 0 aliphatic carbocycles. The van der Waals surface area contributed by atoms with Crippen molar-refractivity contribution in [2.45, 2.75) is 77.2 Å². The van der Waals surface area contributed by atoms with Crippen LogP contribution in [-0.4, -0.2) is 53.1 Å². The summed E-state index contributed by atoms with van der Waals surface area (Å²) in [7, 11) is 0. The van der Waals surface area contributed by atoms with E-state index in [-0.39, 0.29) is 12.2 Å². The number of carbonyl (C=O) groups excluding carboxylic acids is 1. The molecule has 0 aromatic rings. The largest absolute Gasteiger partial charge is 0.321 e. The number of carbonyl (C=O) groups is 1. The molecule has 0 spiro atoms. The van der Waals surface area contributed by atoms with Crippen LogP contribution in [0.2, 0.25) is 0 Å². The summed E-state index contributed by atoms with van der Waals surface area (Å²) in [5.74, 6) is 0.799. The normalized spacial score (nSPS) is 39.5. The van der Waals surface area contributed by atoms with E-state index in [1.54, 1.807) is 0 Å². The molecule has 3 rings (SSSR count). The number of hydrogen-bond acceptors (Lipinski definition) is 3. The lowest BCUT2D eigenvalue weighted by molar-refractivity contribution is -0.133. The van der Waals surface area contributed by atoms with Crippen molar-refractivity contribution in [2.24, 2.45) is 5.92 Å². The van der Waals surface area contributed by atoms with Gasteiger partial charge in [-0.15, -0.1) is 0 Å². The van der Waals surface area contributed by atoms with Gasteiger partial charge in [-0.2, -0.15) is 0 Å². The van der Waals surface area contributed by atoms with Crippen LogP contribution in [0.15, 0.2) is 0 Å². The highest BCUT2D eigenvalue weighted by Crippen LogP contribution is 2.35. The molecule has 0 aromatic carbocycles. The highest BCUT2D eigenvalue weighted by molar-refractivity contribution is 5.85. The van der Waals surface area contributed by atoms with Crippen molar-refractivity contribution in [1.82, 2.24) is 15.1 Å². The lowest BCUT2D eigenvalue weighted by atomic mass is 9.98. The van der Waals surface area contributed by atoms with Crippen molar-refractivity contribution >= 4 is 5.91 Å². The molecule has 0 saturated carbocycles. The second kappa shape index (κ2) is 5.64. The molecule has 4 nitrogen and oxygen atoms in total. The molecule has 20 heavy (non-hydrogen) atoms. The van der Waals surface area contributed by atoms with Gasteiger partial charge >= 0.3 is 0 Å². The minimum atomic E-state index is 0.0420. The van der Waals surface area contributed by atoms with Crippen molar-refractivity contribution in [3.8, 4) is 0 Å². The predicted octanol–water partition coefficient (Wildman–Crippen LogP) is 1.81. The molecule has 1 N–H and O–H groups in total. The van der Waals surface area contributed by atoms with Crippen LogP contribution in [0.3, 0.4) is 0 Å². The number of nitrogens with one attached hydrogen (secondary N) is 1. The zero-order valence-electron chi connectivity index (χ0n) is 13.1. The second-order valence-corrected chi connectivity index (χ2v) is 6.80. The standard InChI is InChI=1S/C16H29N3O/c1-4-11(3)15-16(20)19(14(5-2)17-15)13-8-10-18-9-6-7-12(13)18/h11-15,17H,4-10H2,1-3H3. The quantitative estimate of drug-likeness (QED) is 0.852. The SMILES string of the molecule is CCC(C)C1NC(CC)N(C2CCN3CCCC23)C1=O. The maximum Gasteiger partial charge on any atom is 0.241 e. The lowest BCUT2D eigenvalue weighted by Crippen LogP contribution is -2.49. The molecule has 3 aliphatic rings. The first kappa shape index (κ1) is 14.3. The van der Waals surface area contributed by atoms with Gasteiger partial charge in [-0.25, -0.2) is 0 Å². The summed E-state index contributed by atoms with van der Waals surface area (Å²) in [4.78, 5) is 17.7. The molecule has 0 radical (unpaired) electrons. The van der Waals surface area contributed by atoms with E-state index in [1.165, 1.54) is 32.4 Å². The molecule has 1 amide bonds. The van der Waals surface area contributed by atoms with Gasteiger partial charge in [-0.1, -0.05) is 27.2 Å². The first-order chi connectivity index (χ1) is 9.67. The van der Waals surface area contributed by atoms with Crippen LogP contribution in [0.5, 0.6) is 0 Å². The van der Waals surface area contributed by atoms with E-state index < -0.39 is 0 Å². The van der Waals surface area contributed by atoms with E-state index >= 15 is 0 Å². The third-order valence-corrected chi connectivity index (χ3v) is 5.76. The third kappa shape index (κ3) is 2.17. The van der Waals surface area contributed by atoms with E-state index in [9.17, 15) is 4.79 Å². The smallest absolute Gasteiger partial charge is 0.241 e. The average Bonchev–Trinajstić information content (AvgIpc) is 3.12. The van der Waals surface area contributed by atoms with Gasteiger partial charge < -0.3 is 4.90 Å². The maximum absolute atomic E-state index is 12.9. The minimum absolute atomic E-state index is 0.0420. The van der Waals surface area contributed by atoms with Crippen LogP contribution in [0, 0.1) is 5.92 Å². The minimum Gasteiger partial charge on any atom is -0.321 e. The van der Waals surface area contributed by atoms with Crippen molar-refractivity contribution in [2.75, 3.05) is 13.1 Å². The molecule has 114 valence electrons. The van der Waals surface area contributed by atoms with E-state index in [0.717, 1.165) is 12.8 Å². The number of nitrogens with zero attached hydrogens (tertiary/aromatic N) is 2. The van der Waals surface area contributed by atoms with Gasteiger partial charge in [-0.05, 0) is 38.1 Å². The topological polar surface area (TPSA) is 35.6 Å². The molecule has 3 aliphatic heterocycles. The molecule has 3 fully saturated rings. The van der Waals surface area contributed by atoms with Crippen LogP contribution in [0.4, 0.5) is 0 Å². The van der Waals surface area contributed by atoms with E-state index in [1.807, 2.05) is 0 Å². The summed E-state index contributed by atoms with van der Waals surface area (Å²) >= 11 is 0. The Bertz CT molecular complexity index is 373. The highest BCUT2D eigenvalue weighted by Gasteiger charge is 2.49. The summed E-state index contributed by atoms with van der Waals surface area (Å²) < 4.78 is 0. The zero-order valence-corrected chi connectivity index (χ0v) is 13.1. The molecule has 5 unspecified atom stereocenters. The number of amides is 1. The summed E-state index contributed by atoms with van der Waals surface area (Å²) in [6.45, 7) is 8.99. The monoisotopic (exact) mass is 279 g/mol. The van der Waals surface area contributed by atoms with E-state index in [2.05, 4.69) is 35.9 Å². The summed E-state index contributed by atoms with van der Waals surface area (Å²) in [6.07, 6.45) is 6.09. The molecular formula is C16H29N3O. The average molecular weight is 279 g/mol. The Morgan fingerprint density at radius 1 is 1.25 bits per heavy atom. The van der Waals surface area contributed by atoms with Gasteiger partial charge in [0.1, 0.15) is 0 Å². The van der Waals surface area contributed by atoms with Crippen molar-refractivity contribution in [1.29, 1.82) is 0 Å². The van der Waals surface area contributed by atoms with Crippen molar-refractivity contribution < 1.29 is 4.79 Å². The Morgan fingerprint density at radius 3 is 2.75 bits per heavy atom. The van der Waals surface area contributed by atoms with Crippen molar-refractivity contribution in [3.05, 3.63) is 0 Å². The first-order valence-corrected chi connectivity index (χ1v) is 8.49. The summed E-state index contributed by atoms with van der Waals surface area (Å²) in [5, 5.41) is 3.61. The molecule has 3 saturated heterocycles. The Kier molecular flexibility index (Phi) is 4.04. The van der Waals surface area contributed by atoms with Gasteiger partial charge in [0.25, 0.3) is 0 Å². The van der Waals surface area contributed by atoms with Crippen LogP contribution >= 0.6 is 0 Å². The Hall–Kier alpha value is -0.610. The van der Waals surface area contributed by atoms with Crippen LogP contribution in [0.1, 0.15) is 52.9 Å². The molecule has 5 atom stereocenters. The fraction of sp³-hybridized carbons (Fsp3) is 0.938. The van der Waals surface area contributed by atoms with E-state index in [4.69, 9.17) is 0 Å². The number of rotatable bonds is 4. The number of hydrogen-bond donors (Lipinski definition) is 1. The second-order valence-electron chi connectivity index (χ2n) is 6.80. The Labute approximate surface area is 122 Å². The Balaban J connectivity index is 1.78. The Morgan fingerprint density at radius 2 is 2.05 bits per heavy atom. The van der Waals surface area contributed by atoms with Gasteiger partial charge in [0.2, 0.25) is 5.91 Å². The van der Waals surface area contributed by atoms with Gasteiger partial charge in [0, 0.05) is 12.6 Å². The van der Waals surface area contributed by atoms with Gasteiger partial charge in [0.05, 0.1) is 18.2 Å². The first-order valence-electron chi connectivity index (χ1n) is 8.49. The summed E-state index contributed by atoms with van der Waals surface area (Å²) in [6, 6.07) is 1.13. The van der Waals surface area contributed by atoms with E-state index in [0.29, 0.717) is 23.9 Å². The lowest BCUT2D eigenvalue weighted by Gasteiger charge is -2.33. The molecule has 0 aromatic heterocycles. The molecular weight excluding hydrogens is 250 g/mol.